The number of rotatable bonds is 1. The average molecular weight is 256 g/mol. The van der Waals surface area contributed by atoms with E-state index in [1.54, 1.807) is 17.1 Å². The van der Waals surface area contributed by atoms with Gasteiger partial charge >= 0.3 is 0 Å². The molecule has 2 bridgehead atoms. The standard InChI is InChI=1S/C11H16N2O3S/c1-13-7-12-6-10(13)11(14)4-8-2-3-9(5-11)17(8,15)16/h6-9,14H,2-5H2,1H3. The van der Waals surface area contributed by atoms with Gasteiger partial charge in [0.05, 0.1) is 28.7 Å². The molecule has 0 saturated carbocycles. The van der Waals surface area contributed by atoms with Crippen molar-refractivity contribution >= 4 is 9.84 Å². The SMILES string of the molecule is Cn1cncc1C1(O)CC2CCC(C1)S2(=O)=O. The zero-order valence-electron chi connectivity index (χ0n) is 9.70. The largest absolute Gasteiger partial charge is 0.383 e. The summed E-state index contributed by atoms with van der Waals surface area (Å²) in [7, 11) is -1.17. The van der Waals surface area contributed by atoms with Crippen molar-refractivity contribution in [1.82, 2.24) is 9.55 Å². The van der Waals surface area contributed by atoms with Gasteiger partial charge in [-0.25, -0.2) is 13.4 Å². The number of nitrogens with zero attached hydrogens (tertiary/aromatic N) is 2. The van der Waals surface area contributed by atoms with Crippen molar-refractivity contribution < 1.29 is 13.5 Å². The lowest BCUT2D eigenvalue weighted by Gasteiger charge is -2.36. The summed E-state index contributed by atoms with van der Waals surface area (Å²) in [5.74, 6) is 0. The first-order valence-corrected chi connectivity index (χ1v) is 7.46. The first-order chi connectivity index (χ1) is 7.93. The van der Waals surface area contributed by atoms with Gasteiger partial charge in [0.2, 0.25) is 0 Å². The van der Waals surface area contributed by atoms with Crippen molar-refractivity contribution in [2.24, 2.45) is 7.05 Å². The Morgan fingerprint density at radius 3 is 2.47 bits per heavy atom. The molecule has 2 atom stereocenters. The van der Waals surface area contributed by atoms with E-state index in [2.05, 4.69) is 4.98 Å². The molecule has 0 amide bonds. The van der Waals surface area contributed by atoms with Crippen LogP contribution in [-0.2, 0) is 22.5 Å². The predicted octanol–water partition coefficient (Wildman–Crippen LogP) is 0.347. The molecule has 2 fully saturated rings. The van der Waals surface area contributed by atoms with Crippen LogP contribution in [0.4, 0.5) is 0 Å². The van der Waals surface area contributed by atoms with Gasteiger partial charge in [0.25, 0.3) is 0 Å². The fraction of sp³-hybridized carbons (Fsp3) is 0.727. The minimum atomic E-state index is -2.99. The summed E-state index contributed by atoms with van der Waals surface area (Å²) in [6.45, 7) is 0. The molecule has 17 heavy (non-hydrogen) atoms. The van der Waals surface area contributed by atoms with Crippen LogP contribution >= 0.6 is 0 Å². The zero-order valence-corrected chi connectivity index (χ0v) is 10.5. The van der Waals surface area contributed by atoms with E-state index in [0.29, 0.717) is 25.7 Å². The van der Waals surface area contributed by atoms with E-state index in [4.69, 9.17) is 0 Å². The summed E-state index contributed by atoms with van der Waals surface area (Å²) < 4.78 is 25.7. The number of hydrogen-bond donors (Lipinski definition) is 1. The highest BCUT2D eigenvalue weighted by Crippen LogP contribution is 2.47. The van der Waals surface area contributed by atoms with Crippen molar-refractivity contribution in [3.63, 3.8) is 0 Å². The quantitative estimate of drug-likeness (QED) is 0.787. The van der Waals surface area contributed by atoms with Crippen LogP contribution in [-0.4, -0.2) is 33.6 Å². The van der Waals surface area contributed by atoms with Crippen molar-refractivity contribution in [2.75, 3.05) is 0 Å². The summed E-state index contributed by atoms with van der Waals surface area (Å²) >= 11 is 0. The highest BCUT2D eigenvalue weighted by molar-refractivity contribution is 7.93. The van der Waals surface area contributed by atoms with Crippen LogP contribution in [0, 0.1) is 0 Å². The Bertz CT molecular complexity index is 529. The number of aryl methyl sites for hydroxylation is 1. The van der Waals surface area contributed by atoms with E-state index in [-0.39, 0.29) is 10.5 Å². The third kappa shape index (κ3) is 1.47. The molecule has 94 valence electrons. The number of fused-ring (bicyclic) bond motifs is 2. The highest BCUT2D eigenvalue weighted by atomic mass is 32.2. The van der Waals surface area contributed by atoms with Crippen LogP contribution in [0.25, 0.3) is 0 Å². The fourth-order valence-electron chi connectivity index (χ4n) is 3.26. The predicted molar refractivity (Wildman–Crippen MR) is 62.1 cm³/mol. The number of hydrogen-bond acceptors (Lipinski definition) is 4. The number of aromatic nitrogens is 2. The molecule has 0 spiro atoms. The summed E-state index contributed by atoms with van der Waals surface area (Å²) in [5.41, 5.74) is -0.299. The van der Waals surface area contributed by atoms with E-state index in [1.165, 1.54) is 0 Å². The molecule has 3 heterocycles. The van der Waals surface area contributed by atoms with E-state index in [1.807, 2.05) is 7.05 Å². The van der Waals surface area contributed by atoms with Crippen molar-refractivity contribution in [3.05, 3.63) is 18.2 Å². The molecule has 2 aliphatic rings. The Morgan fingerprint density at radius 1 is 1.41 bits per heavy atom. The van der Waals surface area contributed by atoms with Gasteiger partial charge in [-0.1, -0.05) is 0 Å². The second kappa shape index (κ2) is 3.32. The van der Waals surface area contributed by atoms with Crippen LogP contribution < -0.4 is 0 Å². The monoisotopic (exact) mass is 256 g/mol. The first-order valence-electron chi connectivity index (χ1n) is 5.85. The minimum absolute atomic E-state index is 0.311. The van der Waals surface area contributed by atoms with Crippen LogP contribution in [0.15, 0.2) is 12.5 Å². The Kier molecular flexibility index (Phi) is 2.19. The van der Waals surface area contributed by atoms with Crippen LogP contribution in [0.1, 0.15) is 31.4 Å². The Labute approximate surface area is 100 Å². The average Bonchev–Trinajstić information content (AvgIpc) is 2.69. The molecule has 0 aromatic carbocycles. The van der Waals surface area contributed by atoms with Crippen LogP contribution in [0.5, 0.6) is 0 Å². The maximum Gasteiger partial charge on any atom is 0.156 e. The fourth-order valence-corrected chi connectivity index (χ4v) is 5.75. The highest BCUT2D eigenvalue weighted by Gasteiger charge is 2.53. The summed E-state index contributed by atoms with van der Waals surface area (Å²) in [4.78, 5) is 4.00. The maximum absolute atomic E-state index is 12.0. The second-order valence-corrected chi connectivity index (χ2v) is 7.75. The Balaban J connectivity index is 2.01. The molecule has 1 aromatic rings. The summed E-state index contributed by atoms with van der Waals surface area (Å²) in [6, 6.07) is 0. The molecule has 2 saturated heterocycles. The van der Waals surface area contributed by atoms with Gasteiger partial charge in [-0.15, -0.1) is 0 Å². The number of sulfone groups is 1. The molecule has 0 aliphatic carbocycles. The minimum Gasteiger partial charge on any atom is -0.383 e. The number of imidazole rings is 1. The van der Waals surface area contributed by atoms with E-state index >= 15 is 0 Å². The van der Waals surface area contributed by atoms with Gasteiger partial charge in [-0.05, 0) is 25.7 Å². The van der Waals surface area contributed by atoms with E-state index in [0.717, 1.165) is 5.69 Å². The lowest BCUT2D eigenvalue weighted by molar-refractivity contribution is 0.0104. The summed E-state index contributed by atoms with van der Waals surface area (Å²) in [5, 5.41) is 9.95. The summed E-state index contributed by atoms with van der Waals surface area (Å²) in [6.07, 6.45) is 5.27. The van der Waals surface area contributed by atoms with Gasteiger partial charge in [-0.2, -0.15) is 0 Å². The van der Waals surface area contributed by atoms with Gasteiger partial charge in [0.1, 0.15) is 5.60 Å². The van der Waals surface area contributed by atoms with Crippen molar-refractivity contribution in [2.45, 2.75) is 41.8 Å². The third-order valence-electron chi connectivity index (χ3n) is 4.16. The van der Waals surface area contributed by atoms with Gasteiger partial charge < -0.3 is 9.67 Å². The molecule has 6 heteroatoms. The lowest BCUT2D eigenvalue weighted by Crippen LogP contribution is -2.43. The number of aliphatic hydroxyl groups is 1. The van der Waals surface area contributed by atoms with Crippen LogP contribution in [0.2, 0.25) is 0 Å². The topological polar surface area (TPSA) is 72.2 Å². The molecule has 1 N–H and O–H groups in total. The maximum atomic E-state index is 12.0. The molecule has 2 aliphatic heterocycles. The molecule has 2 unspecified atom stereocenters. The molecule has 3 rings (SSSR count). The zero-order chi connectivity index (χ0) is 12.3. The smallest absolute Gasteiger partial charge is 0.156 e. The molecule has 0 radical (unpaired) electrons. The van der Waals surface area contributed by atoms with Gasteiger partial charge in [0, 0.05) is 7.05 Å². The van der Waals surface area contributed by atoms with E-state index < -0.39 is 15.4 Å². The lowest BCUT2D eigenvalue weighted by atomic mass is 9.90. The molecular weight excluding hydrogens is 240 g/mol. The first kappa shape index (κ1) is 11.2. The Hall–Kier alpha value is -0.880. The molecule has 5 nitrogen and oxygen atoms in total. The normalized spacial score (nSPS) is 39.4. The van der Waals surface area contributed by atoms with Crippen LogP contribution in [0.3, 0.4) is 0 Å². The van der Waals surface area contributed by atoms with Crippen molar-refractivity contribution in [1.29, 1.82) is 0 Å². The Morgan fingerprint density at radius 2 is 2.00 bits per heavy atom. The molecular formula is C11H16N2O3S. The van der Waals surface area contributed by atoms with Gasteiger partial charge in [-0.3, -0.25) is 0 Å². The third-order valence-corrected chi connectivity index (χ3v) is 6.83. The van der Waals surface area contributed by atoms with Gasteiger partial charge in [0.15, 0.2) is 9.84 Å². The van der Waals surface area contributed by atoms with Crippen molar-refractivity contribution in [3.8, 4) is 0 Å². The molecule has 1 aromatic heterocycles. The second-order valence-electron chi connectivity index (χ2n) is 5.24. The van der Waals surface area contributed by atoms with E-state index in [9.17, 15) is 13.5 Å².